The Morgan fingerprint density at radius 2 is 1.18 bits per heavy atom. The number of benzene rings is 1. The molecule has 0 aliphatic rings. The summed E-state index contributed by atoms with van der Waals surface area (Å²) in [5.74, 6) is 0. The van der Waals surface area contributed by atoms with Crippen molar-refractivity contribution in [2.24, 2.45) is 0 Å². The van der Waals surface area contributed by atoms with Gasteiger partial charge in [-0.25, -0.2) is 0 Å². The second-order valence-electron chi connectivity index (χ2n) is 3.26. The molecule has 0 radical (unpaired) electrons. The van der Waals surface area contributed by atoms with Gasteiger partial charge in [-0.3, -0.25) is 9.97 Å². The summed E-state index contributed by atoms with van der Waals surface area (Å²) < 4.78 is 0. The van der Waals surface area contributed by atoms with Crippen molar-refractivity contribution in [1.29, 1.82) is 0 Å². The quantitative estimate of drug-likeness (QED) is 0.409. The Kier molecular flexibility index (Phi) is 4.92. The first-order chi connectivity index (χ1) is 8.36. The van der Waals surface area contributed by atoms with Crippen LogP contribution in [0.2, 0.25) is 0 Å². The second kappa shape index (κ2) is 6.45. The van der Waals surface area contributed by atoms with Crippen LogP contribution < -0.4 is 0 Å². The molecule has 1 aromatic carbocycles. The summed E-state index contributed by atoms with van der Waals surface area (Å²) in [5, 5.41) is 2.28. The number of hydrogen-bond acceptors (Lipinski definition) is 2. The molecule has 17 heavy (non-hydrogen) atoms. The zero-order valence-corrected chi connectivity index (χ0v) is 12.7. The minimum Gasteiger partial charge on any atom is -0.254 e. The van der Waals surface area contributed by atoms with Crippen molar-refractivity contribution in [2.75, 3.05) is 0 Å². The van der Waals surface area contributed by atoms with Crippen LogP contribution in [0.25, 0.3) is 21.8 Å². The number of nitrogens with zero attached hydrogens (tertiary/aromatic N) is 2. The monoisotopic (exact) mass is 401 g/mol. The molecule has 0 unspecified atom stereocenters. The van der Waals surface area contributed by atoms with Crippen LogP contribution in [0.15, 0.2) is 48.8 Å². The average molecular weight is 404 g/mol. The zero-order chi connectivity index (χ0) is 12.1. The number of aromatic nitrogens is 2. The van der Waals surface area contributed by atoms with Gasteiger partial charge in [0.05, 0.1) is 11.0 Å². The Bertz CT molecular complexity index is 576. The number of rotatable bonds is 0. The molecule has 2 aromatic heterocycles. The van der Waals surface area contributed by atoms with E-state index in [0.29, 0.717) is 0 Å². The molecule has 0 fully saturated rings. The normalized spacial score (nSPS) is 10.2. The largest absolute Gasteiger partial charge is 0.254 e. The van der Waals surface area contributed by atoms with Crippen molar-refractivity contribution in [3.05, 3.63) is 48.8 Å². The summed E-state index contributed by atoms with van der Waals surface area (Å²) in [5.41, 5.74) is 1.95. The van der Waals surface area contributed by atoms with Crippen LogP contribution in [0.5, 0.6) is 0 Å². The molecule has 0 saturated heterocycles. The Balaban J connectivity index is 0.000000329. The Hall–Kier alpha value is -0.481. The zero-order valence-electron chi connectivity index (χ0n) is 8.57. The molecule has 3 rings (SSSR count). The molecule has 3 aromatic rings. The SMILES string of the molecule is [Br][Cu][Br].c1cnc2c(c1)ccc1cccnc12. The smallest absolute Gasteiger partial charge is 0.0964 e. The second-order valence-corrected chi connectivity index (χ2v) is 8.01. The van der Waals surface area contributed by atoms with E-state index in [9.17, 15) is 0 Å². The minimum absolute atomic E-state index is 0.977. The van der Waals surface area contributed by atoms with Crippen molar-refractivity contribution in [2.45, 2.75) is 0 Å². The van der Waals surface area contributed by atoms with Crippen LogP contribution >= 0.6 is 28.2 Å². The van der Waals surface area contributed by atoms with E-state index in [0.717, 1.165) is 21.8 Å². The van der Waals surface area contributed by atoms with Gasteiger partial charge < -0.3 is 0 Å². The molecule has 0 aliphatic carbocycles. The van der Waals surface area contributed by atoms with E-state index in [-0.39, 0.29) is 0 Å². The number of pyridine rings is 2. The Morgan fingerprint density at radius 3 is 1.59 bits per heavy atom. The molecule has 5 heteroatoms. The van der Waals surface area contributed by atoms with Gasteiger partial charge in [0.25, 0.3) is 0 Å². The summed E-state index contributed by atoms with van der Waals surface area (Å²) in [4.78, 5) is 8.69. The number of halogens is 2. The maximum Gasteiger partial charge on any atom is 0.0964 e. The van der Waals surface area contributed by atoms with Gasteiger partial charge in [0.15, 0.2) is 0 Å². The van der Waals surface area contributed by atoms with Crippen molar-refractivity contribution in [3.63, 3.8) is 0 Å². The summed E-state index contributed by atoms with van der Waals surface area (Å²) >= 11 is 7.38. The summed E-state index contributed by atoms with van der Waals surface area (Å²) in [6, 6.07) is 12.1. The van der Waals surface area contributed by atoms with Crippen LogP contribution in [0.1, 0.15) is 0 Å². The molecule has 0 atom stereocenters. The molecular weight excluding hydrogens is 396 g/mol. The van der Waals surface area contributed by atoms with Crippen LogP contribution in [0, 0.1) is 0 Å². The third kappa shape index (κ3) is 3.05. The van der Waals surface area contributed by atoms with Crippen molar-refractivity contribution in [3.8, 4) is 0 Å². The van der Waals surface area contributed by atoms with Gasteiger partial charge in [-0.05, 0) is 12.1 Å². The fraction of sp³-hybridized carbons (Fsp3) is 0. The van der Waals surface area contributed by atoms with Crippen molar-refractivity contribution >= 4 is 50.0 Å². The fourth-order valence-corrected chi connectivity index (χ4v) is 1.68. The third-order valence-electron chi connectivity index (χ3n) is 2.34. The predicted molar refractivity (Wildman–Crippen MR) is 74.9 cm³/mol. The average Bonchev–Trinajstić information content (AvgIpc) is 2.40. The van der Waals surface area contributed by atoms with Gasteiger partial charge in [0.1, 0.15) is 0 Å². The number of fused-ring (bicyclic) bond motifs is 3. The third-order valence-corrected chi connectivity index (χ3v) is 2.34. The minimum atomic E-state index is 0.977. The Labute approximate surface area is 119 Å². The Morgan fingerprint density at radius 1 is 0.765 bits per heavy atom. The number of hydrogen-bond donors (Lipinski definition) is 0. The van der Waals surface area contributed by atoms with E-state index in [1.165, 1.54) is 11.3 Å². The van der Waals surface area contributed by atoms with E-state index in [4.69, 9.17) is 0 Å². The van der Waals surface area contributed by atoms with Crippen LogP contribution in [0.4, 0.5) is 0 Å². The predicted octanol–water partition coefficient (Wildman–Crippen LogP) is 4.47. The van der Waals surface area contributed by atoms with E-state index < -0.39 is 0 Å². The molecule has 91 valence electrons. The van der Waals surface area contributed by atoms with Gasteiger partial charge in [-0.2, -0.15) is 0 Å². The molecule has 2 nitrogen and oxygen atoms in total. The van der Waals surface area contributed by atoms with Crippen molar-refractivity contribution in [1.82, 2.24) is 9.97 Å². The van der Waals surface area contributed by atoms with E-state index in [1.54, 1.807) is 12.4 Å². The molecule has 0 aliphatic heterocycles. The molecule has 0 N–H and O–H groups in total. The summed E-state index contributed by atoms with van der Waals surface area (Å²) in [7, 11) is 0. The molecule has 2 heterocycles. The maximum atomic E-state index is 4.35. The van der Waals surface area contributed by atoms with Gasteiger partial charge in [-0.15, -0.1) is 0 Å². The molecular formula is C12H8Br2CuN2. The van der Waals surface area contributed by atoms with E-state index in [1.807, 2.05) is 12.1 Å². The van der Waals surface area contributed by atoms with E-state index in [2.05, 4.69) is 62.5 Å². The first-order valence-corrected chi connectivity index (χ1v) is 9.42. The van der Waals surface area contributed by atoms with Crippen LogP contribution in [-0.4, -0.2) is 9.97 Å². The maximum absolute atomic E-state index is 4.35. The fourth-order valence-electron chi connectivity index (χ4n) is 1.68. The molecule has 0 amide bonds. The van der Waals surface area contributed by atoms with Crippen LogP contribution in [0.3, 0.4) is 0 Å². The van der Waals surface area contributed by atoms with Gasteiger partial charge in [0.2, 0.25) is 0 Å². The van der Waals surface area contributed by atoms with Gasteiger partial charge in [-0.1, -0.05) is 24.3 Å². The standard InChI is InChI=1S/C12H8N2.2BrH.Cu/c1-3-9-5-6-10-4-2-8-14-12(10)11(9)13-7-1;;;/h1-8H;2*1H;/q;;;+2/p-2. The van der Waals surface area contributed by atoms with Gasteiger partial charge in [0, 0.05) is 23.2 Å². The van der Waals surface area contributed by atoms with E-state index >= 15 is 0 Å². The van der Waals surface area contributed by atoms with Gasteiger partial charge >= 0.3 is 39.6 Å². The first kappa shape index (κ1) is 13.0. The topological polar surface area (TPSA) is 25.8 Å². The molecule has 0 bridgehead atoms. The molecule has 0 saturated carbocycles. The van der Waals surface area contributed by atoms with Crippen molar-refractivity contribution < 1.29 is 11.3 Å². The van der Waals surface area contributed by atoms with Crippen LogP contribution in [-0.2, 0) is 11.3 Å². The first-order valence-electron chi connectivity index (χ1n) is 4.76. The molecule has 0 spiro atoms. The summed E-state index contributed by atoms with van der Waals surface area (Å²) in [6.07, 6.45) is 3.60. The summed E-state index contributed by atoms with van der Waals surface area (Å²) in [6.45, 7) is 0.